The number of ether oxygens (including phenoxy) is 2. The van der Waals surface area contributed by atoms with Crippen LogP contribution in [0.2, 0.25) is 0 Å². The number of rotatable bonds is 9. The van der Waals surface area contributed by atoms with Gasteiger partial charge in [-0.15, -0.1) is 5.10 Å². The van der Waals surface area contributed by atoms with Crippen molar-refractivity contribution in [2.45, 2.75) is 38.4 Å². The number of benzene rings is 2. The van der Waals surface area contributed by atoms with Crippen LogP contribution in [0.3, 0.4) is 0 Å². The van der Waals surface area contributed by atoms with Crippen molar-refractivity contribution in [3.8, 4) is 5.88 Å². The molecule has 4 aromatic rings. The summed E-state index contributed by atoms with van der Waals surface area (Å²) in [5, 5.41) is 4.47. The first-order valence-corrected chi connectivity index (χ1v) is 12.2. The first kappa shape index (κ1) is 22.6. The largest absolute Gasteiger partial charge is 0.477 e. The van der Waals surface area contributed by atoms with Crippen LogP contribution in [-0.2, 0) is 4.74 Å². The number of aryl methyl sites for hydroxylation is 1. The highest BCUT2D eigenvalue weighted by Crippen LogP contribution is 2.30. The van der Waals surface area contributed by atoms with Gasteiger partial charge in [0.05, 0.1) is 24.6 Å². The Bertz CT molecular complexity index is 1130. The van der Waals surface area contributed by atoms with E-state index in [4.69, 9.17) is 9.47 Å². The molecular weight excluding hydrogens is 424 g/mol. The molecule has 0 radical (unpaired) electrons. The van der Waals surface area contributed by atoms with E-state index < -0.39 is 0 Å². The lowest BCUT2D eigenvalue weighted by atomic mass is 10.00. The van der Waals surface area contributed by atoms with Gasteiger partial charge in [0, 0.05) is 25.7 Å². The SMILES string of the molecule is Cc1cn2nc(OCCCN3CCC(OC(c4ccccc4)c4ccccc4)CC3)ccc2n1. The predicted octanol–water partition coefficient (Wildman–Crippen LogP) is 5.08. The van der Waals surface area contributed by atoms with Crippen LogP contribution < -0.4 is 4.74 Å². The molecule has 3 heterocycles. The molecule has 6 nitrogen and oxygen atoms in total. The number of nitrogens with zero attached hydrogens (tertiary/aromatic N) is 4. The Kier molecular flexibility index (Phi) is 7.17. The standard InChI is InChI=1S/C28H32N4O2/c1-22-21-32-26(29-22)13-14-27(30-32)33-20-8-17-31-18-15-25(16-19-31)34-28(23-9-4-2-5-10-23)24-11-6-3-7-12-24/h2-7,9-14,21,25,28H,8,15-20H2,1H3. The third-order valence-electron chi connectivity index (χ3n) is 6.35. The lowest BCUT2D eigenvalue weighted by Gasteiger charge is -2.34. The lowest BCUT2D eigenvalue weighted by molar-refractivity contribution is -0.0273. The molecule has 0 aliphatic carbocycles. The summed E-state index contributed by atoms with van der Waals surface area (Å²) in [7, 11) is 0. The second-order valence-electron chi connectivity index (χ2n) is 8.94. The van der Waals surface area contributed by atoms with E-state index in [-0.39, 0.29) is 12.2 Å². The Morgan fingerprint density at radius 1 is 0.912 bits per heavy atom. The monoisotopic (exact) mass is 456 g/mol. The second kappa shape index (κ2) is 10.8. The van der Waals surface area contributed by atoms with Gasteiger partial charge in [-0.3, -0.25) is 0 Å². The van der Waals surface area contributed by atoms with E-state index in [0.29, 0.717) is 12.5 Å². The summed E-state index contributed by atoms with van der Waals surface area (Å²) in [6.45, 7) is 5.76. The molecule has 0 bridgehead atoms. The summed E-state index contributed by atoms with van der Waals surface area (Å²) in [5.74, 6) is 0.643. The molecular formula is C28H32N4O2. The van der Waals surface area contributed by atoms with E-state index in [9.17, 15) is 0 Å². The third-order valence-corrected chi connectivity index (χ3v) is 6.35. The second-order valence-corrected chi connectivity index (χ2v) is 8.94. The minimum atomic E-state index is -0.0172. The average Bonchev–Trinajstić information content (AvgIpc) is 3.26. The molecule has 0 N–H and O–H groups in total. The van der Waals surface area contributed by atoms with Crippen molar-refractivity contribution in [3.63, 3.8) is 0 Å². The zero-order chi connectivity index (χ0) is 23.2. The summed E-state index contributed by atoms with van der Waals surface area (Å²) < 4.78 is 14.3. The Morgan fingerprint density at radius 3 is 2.26 bits per heavy atom. The third kappa shape index (κ3) is 5.64. The molecule has 176 valence electrons. The van der Waals surface area contributed by atoms with E-state index in [0.717, 1.165) is 50.2 Å². The maximum absolute atomic E-state index is 6.67. The van der Waals surface area contributed by atoms with Gasteiger partial charge >= 0.3 is 0 Å². The summed E-state index contributed by atoms with van der Waals surface area (Å²) in [6, 6.07) is 24.9. The van der Waals surface area contributed by atoms with Crippen LogP contribution in [0.25, 0.3) is 5.65 Å². The van der Waals surface area contributed by atoms with Crippen molar-refractivity contribution in [2.24, 2.45) is 0 Å². The molecule has 0 unspecified atom stereocenters. The smallest absolute Gasteiger partial charge is 0.231 e. The normalized spacial score (nSPS) is 15.2. The predicted molar refractivity (Wildman–Crippen MR) is 133 cm³/mol. The molecule has 34 heavy (non-hydrogen) atoms. The first-order chi connectivity index (χ1) is 16.7. The van der Waals surface area contributed by atoms with Crippen molar-refractivity contribution in [1.29, 1.82) is 0 Å². The number of fused-ring (bicyclic) bond motifs is 1. The number of hydrogen-bond donors (Lipinski definition) is 0. The number of piperidine rings is 1. The topological polar surface area (TPSA) is 51.9 Å². The van der Waals surface area contributed by atoms with Crippen LogP contribution >= 0.6 is 0 Å². The Balaban J connectivity index is 1.08. The molecule has 5 rings (SSSR count). The molecule has 1 aliphatic rings. The fourth-order valence-electron chi connectivity index (χ4n) is 4.59. The quantitative estimate of drug-likeness (QED) is 0.329. The molecule has 6 heteroatoms. The van der Waals surface area contributed by atoms with Gasteiger partial charge in [0.1, 0.15) is 6.10 Å². The molecule has 0 spiro atoms. The van der Waals surface area contributed by atoms with Gasteiger partial charge in [0.15, 0.2) is 5.65 Å². The first-order valence-electron chi connectivity index (χ1n) is 12.2. The van der Waals surface area contributed by atoms with Crippen LogP contribution in [-0.4, -0.2) is 51.8 Å². The minimum Gasteiger partial charge on any atom is -0.477 e. The molecule has 2 aromatic heterocycles. The Labute approximate surface area is 201 Å². The average molecular weight is 457 g/mol. The maximum atomic E-state index is 6.67. The fraction of sp³-hybridized carbons (Fsp3) is 0.357. The Hall–Kier alpha value is -3.22. The zero-order valence-electron chi connectivity index (χ0n) is 19.7. The molecule has 1 aliphatic heterocycles. The van der Waals surface area contributed by atoms with Gasteiger partial charge in [-0.25, -0.2) is 9.50 Å². The van der Waals surface area contributed by atoms with E-state index in [2.05, 4.69) is 75.6 Å². The molecule has 0 atom stereocenters. The molecule has 2 aromatic carbocycles. The van der Waals surface area contributed by atoms with Crippen LogP contribution in [0, 0.1) is 6.92 Å². The van der Waals surface area contributed by atoms with Crippen molar-refractivity contribution in [1.82, 2.24) is 19.5 Å². The number of likely N-dealkylation sites (tertiary alicyclic amines) is 1. The minimum absolute atomic E-state index is 0.0172. The summed E-state index contributed by atoms with van der Waals surface area (Å²) in [4.78, 5) is 6.91. The van der Waals surface area contributed by atoms with Gasteiger partial charge in [-0.05, 0) is 43.4 Å². The highest BCUT2D eigenvalue weighted by Gasteiger charge is 2.24. The van der Waals surface area contributed by atoms with Gasteiger partial charge in [-0.1, -0.05) is 60.7 Å². The van der Waals surface area contributed by atoms with Crippen LogP contribution in [0.4, 0.5) is 0 Å². The number of imidazole rings is 1. The van der Waals surface area contributed by atoms with Gasteiger partial charge in [0.25, 0.3) is 0 Å². The fourth-order valence-corrected chi connectivity index (χ4v) is 4.59. The molecule has 1 saturated heterocycles. The summed E-state index contributed by atoms with van der Waals surface area (Å²) >= 11 is 0. The maximum Gasteiger partial charge on any atom is 0.231 e. The highest BCUT2D eigenvalue weighted by molar-refractivity contribution is 5.39. The lowest BCUT2D eigenvalue weighted by Crippen LogP contribution is -2.38. The van der Waals surface area contributed by atoms with Crippen molar-refractivity contribution < 1.29 is 9.47 Å². The number of aromatic nitrogens is 3. The number of hydrogen-bond acceptors (Lipinski definition) is 5. The van der Waals surface area contributed by atoms with Gasteiger partial charge < -0.3 is 14.4 Å². The zero-order valence-corrected chi connectivity index (χ0v) is 19.7. The van der Waals surface area contributed by atoms with Crippen LogP contribution in [0.15, 0.2) is 79.0 Å². The summed E-state index contributed by atoms with van der Waals surface area (Å²) in [6.07, 6.45) is 5.24. The molecule has 0 saturated carbocycles. The van der Waals surface area contributed by atoms with E-state index in [1.165, 1.54) is 11.1 Å². The molecule has 0 amide bonds. The highest BCUT2D eigenvalue weighted by atomic mass is 16.5. The van der Waals surface area contributed by atoms with Crippen LogP contribution in [0.5, 0.6) is 5.88 Å². The Morgan fingerprint density at radius 2 is 1.59 bits per heavy atom. The van der Waals surface area contributed by atoms with Gasteiger partial charge in [-0.2, -0.15) is 0 Å². The van der Waals surface area contributed by atoms with E-state index >= 15 is 0 Å². The summed E-state index contributed by atoms with van der Waals surface area (Å²) in [5.41, 5.74) is 4.23. The van der Waals surface area contributed by atoms with Crippen molar-refractivity contribution >= 4 is 5.65 Å². The van der Waals surface area contributed by atoms with E-state index in [1.807, 2.05) is 25.3 Å². The van der Waals surface area contributed by atoms with Crippen molar-refractivity contribution in [3.05, 3.63) is 95.8 Å². The van der Waals surface area contributed by atoms with Gasteiger partial charge in [0.2, 0.25) is 5.88 Å². The van der Waals surface area contributed by atoms with Crippen molar-refractivity contribution in [2.75, 3.05) is 26.2 Å². The van der Waals surface area contributed by atoms with Crippen LogP contribution in [0.1, 0.15) is 42.2 Å². The molecule has 1 fully saturated rings. The van der Waals surface area contributed by atoms with E-state index in [1.54, 1.807) is 4.52 Å².